The minimum atomic E-state index is -0.256. The van der Waals surface area contributed by atoms with Crippen LogP contribution in [0, 0.1) is 0 Å². The summed E-state index contributed by atoms with van der Waals surface area (Å²) in [6, 6.07) is 16.6. The zero-order chi connectivity index (χ0) is 22.2. The molecule has 0 aliphatic rings. The Labute approximate surface area is 180 Å². The van der Waals surface area contributed by atoms with E-state index in [0.29, 0.717) is 22.3 Å². The SMILES string of the molecule is Cn1[nH]c2cc(Nc3ncccc3C(=O)Nc3ccc(C(C)(C)C)cc3)ccc2c1=O. The maximum atomic E-state index is 12.9. The number of benzene rings is 2. The van der Waals surface area contributed by atoms with Crippen LogP contribution in [-0.4, -0.2) is 20.7 Å². The van der Waals surface area contributed by atoms with Gasteiger partial charge in [-0.25, -0.2) is 4.98 Å². The van der Waals surface area contributed by atoms with E-state index in [1.165, 1.54) is 10.2 Å². The molecule has 7 heteroatoms. The highest BCUT2D eigenvalue weighted by Gasteiger charge is 2.16. The van der Waals surface area contributed by atoms with Crippen molar-refractivity contribution >= 4 is 34.0 Å². The third-order valence-electron chi connectivity index (χ3n) is 5.17. The van der Waals surface area contributed by atoms with E-state index in [1.807, 2.05) is 30.3 Å². The summed E-state index contributed by atoms with van der Waals surface area (Å²) in [4.78, 5) is 29.3. The molecule has 0 saturated heterocycles. The van der Waals surface area contributed by atoms with Crippen LogP contribution in [0.15, 0.2) is 65.6 Å². The Bertz CT molecular complexity index is 1310. The van der Waals surface area contributed by atoms with Crippen molar-refractivity contribution in [3.8, 4) is 0 Å². The fraction of sp³-hybridized carbons (Fsp3) is 0.208. The number of hydrogen-bond donors (Lipinski definition) is 3. The van der Waals surface area contributed by atoms with Crippen LogP contribution in [0.2, 0.25) is 0 Å². The number of rotatable bonds is 4. The maximum absolute atomic E-state index is 12.9. The molecule has 31 heavy (non-hydrogen) atoms. The lowest BCUT2D eigenvalue weighted by Gasteiger charge is -2.19. The molecule has 0 aliphatic carbocycles. The van der Waals surface area contributed by atoms with Crippen molar-refractivity contribution in [2.75, 3.05) is 10.6 Å². The summed E-state index contributed by atoms with van der Waals surface area (Å²) in [6.07, 6.45) is 1.63. The van der Waals surface area contributed by atoms with Crippen LogP contribution in [0.1, 0.15) is 36.7 Å². The Kier molecular flexibility index (Phi) is 5.10. The first-order valence-corrected chi connectivity index (χ1v) is 10.0. The first kappa shape index (κ1) is 20.4. The van der Waals surface area contributed by atoms with E-state index in [4.69, 9.17) is 0 Å². The number of carbonyl (C=O) groups excluding carboxylic acids is 1. The summed E-state index contributed by atoms with van der Waals surface area (Å²) in [5.74, 6) is 0.178. The Morgan fingerprint density at radius 3 is 2.45 bits per heavy atom. The summed E-state index contributed by atoms with van der Waals surface area (Å²) >= 11 is 0. The summed E-state index contributed by atoms with van der Waals surface area (Å²) in [7, 11) is 1.67. The molecule has 4 rings (SSSR count). The van der Waals surface area contributed by atoms with Crippen molar-refractivity contribution in [3.05, 3.63) is 82.3 Å². The van der Waals surface area contributed by atoms with Crippen molar-refractivity contribution in [2.24, 2.45) is 7.05 Å². The average Bonchev–Trinajstić information content (AvgIpc) is 3.01. The van der Waals surface area contributed by atoms with Gasteiger partial charge in [0.15, 0.2) is 0 Å². The van der Waals surface area contributed by atoms with Gasteiger partial charge in [0.1, 0.15) is 5.82 Å². The van der Waals surface area contributed by atoms with E-state index in [2.05, 4.69) is 41.5 Å². The number of hydrogen-bond acceptors (Lipinski definition) is 4. The summed E-state index contributed by atoms with van der Waals surface area (Å²) < 4.78 is 1.43. The summed E-state index contributed by atoms with van der Waals surface area (Å²) in [5.41, 5.74) is 3.73. The average molecular weight is 415 g/mol. The van der Waals surface area contributed by atoms with Gasteiger partial charge in [-0.3, -0.25) is 19.4 Å². The number of H-pyrrole nitrogens is 1. The molecular formula is C24H25N5O2. The zero-order valence-corrected chi connectivity index (χ0v) is 18.0. The summed E-state index contributed by atoms with van der Waals surface area (Å²) in [5, 5.41) is 9.72. The molecule has 4 aromatic rings. The second kappa shape index (κ2) is 7.75. The fourth-order valence-electron chi connectivity index (χ4n) is 3.39. The van der Waals surface area contributed by atoms with Gasteiger partial charge in [-0.05, 0) is 53.4 Å². The van der Waals surface area contributed by atoms with E-state index in [1.54, 1.807) is 37.5 Å². The zero-order valence-electron chi connectivity index (χ0n) is 18.0. The van der Waals surface area contributed by atoms with Crippen molar-refractivity contribution in [3.63, 3.8) is 0 Å². The molecule has 0 radical (unpaired) electrons. The van der Waals surface area contributed by atoms with Gasteiger partial charge in [-0.15, -0.1) is 0 Å². The third-order valence-corrected chi connectivity index (χ3v) is 5.17. The molecule has 2 heterocycles. The van der Waals surface area contributed by atoms with Crippen molar-refractivity contribution in [2.45, 2.75) is 26.2 Å². The third kappa shape index (κ3) is 4.21. The van der Waals surface area contributed by atoms with Crippen LogP contribution >= 0.6 is 0 Å². The molecule has 3 N–H and O–H groups in total. The number of aryl methyl sites for hydroxylation is 1. The molecule has 2 aromatic heterocycles. The monoisotopic (exact) mass is 415 g/mol. The minimum absolute atomic E-state index is 0.0487. The van der Waals surface area contributed by atoms with E-state index >= 15 is 0 Å². The Hall–Kier alpha value is -3.87. The lowest BCUT2D eigenvalue weighted by atomic mass is 9.87. The topological polar surface area (TPSA) is 91.8 Å². The smallest absolute Gasteiger partial charge is 0.274 e. The van der Waals surface area contributed by atoms with E-state index in [-0.39, 0.29) is 16.9 Å². The number of amides is 1. The largest absolute Gasteiger partial charge is 0.340 e. The first-order valence-electron chi connectivity index (χ1n) is 10.0. The highest BCUT2D eigenvalue weighted by Crippen LogP contribution is 2.25. The van der Waals surface area contributed by atoms with Crippen LogP contribution in [0.3, 0.4) is 0 Å². The lowest BCUT2D eigenvalue weighted by molar-refractivity contribution is 0.102. The Morgan fingerprint density at radius 1 is 1.03 bits per heavy atom. The van der Waals surface area contributed by atoms with Gasteiger partial charge in [-0.2, -0.15) is 0 Å². The first-order chi connectivity index (χ1) is 14.7. The fourth-order valence-corrected chi connectivity index (χ4v) is 3.39. The highest BCUT2D eigenvalue weighted by atomic mass is 16.1. The molecule has 2 aromatic carbocycles. The molecular weight excluding hydrogens is 390 g/mol. The number of anilines is 3. The molecule has 158 valence electrons. The van der Waals surface area contributed by atoms with Gasteiger partial charge in [-0.1, -0.05) is 32.9 Å². The predicted molar refractivity (Wildman–Crippen MR) is 124 cm³/mol. The van der Waals surface area contributed by atoms with Gasteiger partial charge in [0, 0.05) is 24.6 Å². The van der Waals surface area contributed by atoms with Crippen LogP contribution in [0.5, 0.6) is 0 Å². The number of aromatic nitrogens is 3. The van der Waals surface area contributed by atoms with Gasteiger partial charge < -0.3 is 10.6 Å². The molecule has 1 amide bonds. The van der Waals surface area contributed by atoms with Crippen LogP contribution in [-0.2, 0) is 12.5 Å². The summed E-state index contributed by atoms with van der Waals surface area (Å²) in [6.45, 7) is 6.45. The predicted octanol–water partition coefficient (Wildman–Crippen LogP) is 4.56. The number of nitrogens with zero attached hydrogens (tertiary/aromatic N) is 2. The Morgan fingerprint density at radius 2 is 1.74 bits per heavy atom. The highest BCUT2D eigenvalue weighted by molar-refractivity contribution is 6.07. The normalized spacial score (nSPS) is 11.5. The number of aromatic amines is 1. The van der Waals surface area contributed by atoms with Gasteiger partial charge in [0.05, 0.1) is 16.5 Å². The maximum Gasteiger partial charge on any atom is 0.274 e. The van der Waals surface area contributed by atoms with E-state index < -0.39 is 0 Å². The molecule has 7 nitrogen and oxygen atoms in total. The number of pyridine rings is 1. The second-order valence-electron chi connectivity index (χ2n) is 8.54. The molecule has 0 atom stereocenters. The van der Waals surface area contributed by atoms with Gasteiger partial charge >= 0.3 is 0 Å². The number of nitrogens with one attached hydrogen (secondary N) is 3. The Balaban J connectivity index is 1.57. The van der Waals surface area contributed by atoms with Gasteiger partial charge in [0.25, 0.3) is 11.5 Å². The standard InChI is InChI=1S/C24H25N5O2/c1-24(2,3)15-7-9-16(10-8-15)27-22(30)19-6-5-13-25-21(19)26-17-11-12-18-20(14-17)28-29(4)23(18)31/h5-14,28H,1-4H3,(H,25,26)(H,27,30). The number of fused-ring (bicyclic) bond motifs is 1. The van der Waals surface area contributed by atoms with Gasteiger partial charge in [0.2, 0.25) is 0 Å². The molecule has 0 bridgehead atoms. The quantitative estimate of drug-likeness (QED) is 0.456. The van der Waals surface area contributed by atoms with Crippen molar-refractivity contribution in [1.82, 2.24) is 14.8 Å². The number of carbonyl (C=O) groups is 1. The van der Waals surface area contributed by atoms with Crippen LogP contribution in [0.25, 0.3) is 10.9 Å². The molecule has 0 spiro atoms. The van der Waals surface area contributed by atoms with E-state index in [0.717, 1.165) is 11.4 Å². The molecule has 0 unspecified atom stereocenters. The molecule has 0 aliphatic heterocycles. The van der Waals surface area contributed by atoms with E-state index in [9.17, 15) is 9.59 Å². The van der Waals surface area contributed by atoms with Crippen molar-refractivity contribution in [1.29, 1.82) is 0 Å². The molecule has 0 saturated carbocycles. The lowest BCUT2D eigenvalue weighted by Crippen LogP contribution is -2.15. The van der Waals surface area contributed by atoms with Crippen molar-refractivity contribution < 1.29 is 4.79 Å². The second-order valence-corrected chi connectivity index (χ2v) is 8.54. The van der Waals surface area contributed by atoms with Crippen LogP contribution < -0.4 is 16.2 Å². The minimum Gasteiger partial charge on any atom is -0.340 e. The van der Waals surface area contributed by atoms with Crippen LogP contribution in [0.4, 0.5) is 17.2 Å². The molecule has 0 fully saturated rings.